The van der Waals surface area contributed by atoms with E-state index < -0.39 is 41.6 Å². The van der Waals surface area contributed by atoms with E-state index in [2.05, 4.69) is 0 Å². The maximum Gasteiger partial charge on any atom is 0.419 e. The average Bonchev–Trinajstić information content (AvgIpc) is 2.46. The molecule has 0 radical (unpaired) electrons. The van der Waals surface area contributed by atoms with Crippen LogP contribution < -0.4 is 4.74 Å². The maximum absolute atomic E-state index is 13.0. The van der Waals surface area contributed by atoms with Gasteiger partial charge in [0.1, 0.15) is 11.5 Å². The van der Waals surface area contributed by atoms with Gasteiger partial charge in [0.05, 0.1) is 17.7 Å². The molecule has 0 unspecified atom stereocenters. The Morgan fingerprint density at radius 2 is 1.35 bits per heavy atom. The van der Waals surface area contributed by atoms with E-state index >= 15 is 0 Å². The highest BCUT2D eigenvalue weighted by Gasteiger charge is 2.37. The van der Waals surface area contributed by atoms with Gasteiger partial charge in [0, 0.05) is 0 Å². The lowest BCUT2D eigenvalue weighted by atomic mass is 10.1. The number of hydrogen-bond donors (Lipinski definition) is 1. The van der Waals surface area contributed by atoms with Gasteiger partial charge in [0.15, 0.2) is 0 Å². The van der Waals surface area contributed by atoms with E-state index in [1.165, 1.54) is 6.07 Å². The minimum atomic E-state index is -4.84. The molecule has 0 saturated heterocycles. The molecule has 2 rings (SSSR count). The van der Waals surface area contributed by atoms with Gasteiger partial charge in [0.2, 0.25) is 0 Å². The molecule has 0 spiro atoms. The molecule has 0 aliphatic heterocycles. The van der Waals surface area contributed by atoms with E-state index in [0.717, 1.165) is 24.3 Å². The first-order valence-corrected chi connectivity index (χ1v) is 6.28. The number of hydrogen-bond acceptors (Lipinski definition) is 2. The molecule has 0 heterocycles. The summed E-state index contributed by atoms with van der Waals surface area (Å²) in [7, 11) is 0. The molecule has 2 aromatic carbocycles. The van der Waals surface area contributed by atoms with Gasteiger partial charge < -0.3 is 9.84 Å². The summed E-state index contributed by atoms with van der Waals surface area (Å²) in [6.07, 6.45) is -9.60. The molecular formula is C15H10F6O2. The van der Waals surface area contributed by atoms with Gasteiger partial charge in [-0.1, -0.05) is 18.2 Å². The van der Waals surface area contributed by atoms with Gasteiger partial charge in [-0.3, -0.25) is 0 Å². The molecule has 0 saturated carbocycles. The zero-order valence-electron chi connectivity index (χ0n) is 11.4. The molecule has 1 N–H and O–H groups in total. The molecule has 0 aromatic heterocycles. The van der Waals surface area contributed by atoms with Crippen molar-refractivity contribution in [3.05, 3.63) is 59.2 Å². The Labute approximate surface area is 126 Å². The van der Waals surface area contributed by atoms with Gasteiger partial charge in [-0.25, -0.2) is 0 Å². The third kappa shape index (κ3) is 3.95. The van der Waals surface area contributed by atoms with Crippen LogP contribution in [-0.4, -0.2) is 5.11 Å². The second-order valence-corrected chi connectivity index (χ2v) is 4.58. The standard InChI is InChI=1S/C15H10F6O2/c16-14(17,18)10-3-1-2-4-12(10)23-13-6-5-9(8-22)7-11(13)15(19,20)21/h1-7,22H,8H2. The van der Waals surface area contributed by atoms with Crippen molar-refractivity contribution in [3.8, 4) is 11.5 Å². The second kappa shape index (κ2) is 6.11. The smallest absolute Gasteiger partial charge is 0.419 e. The summed E-state index contributed by atoms with van der Waals surface area (Å²) in [5.74, 6) is -1.51. The molecule has 0 fully saturated rings. The topological polar surface area (TPSA) is 29.5 Å². The molecular weight excluding hydrogens is 326 g/mol. The van der Waals surface area contributed by atoms with Crippen molar-refractivity contribution in [2.24, 2.45) is 0 Å². The van der Waals surface area contributed by atoms with Crippen molar-refractivity contribution in [1.29, 1.82) is 0 Å². The van der Waals surface area contributed by atoms with E-state index in [1.54, 1.807) is 0 Å². The van der Waals surface area contributed by atoms with Crippen LogP contribution in [0.25, 0.3) is 0 Å². The van der Waals surface area contributed by atoms with Crippen LogP contribution in [0, 0.1) is 0 Å². The monoisotopic (exact) mass is 336 g/mol. The summed E-state index contributed by atoms with van der Waals surface area (Å²) >= 11 is 0. The fourth-order valence-corrected chi connectivity index (χ4v) is 1.89. The highest BCUT2D eigenvalue weighted by Crippen LogP contribution is 2.42. The average molecular weight is 336 g/mol. The van der Waals surface area contributed by atoms with Gasteiger partial charge in [-0.05, 0) is 29.8 Å². The summed E-state index contributed by atoms with van der Waals surface area (Å²) in [6, 6.07) is 6.62. The number of para-hydroxylation sites is 1. The van der Waals surface area contributed by atoms with E-state index in [1.807, 2.05) is 0 Å². The second-order valence-electron chi connectivity index (χ2n) is 4.58. The number of benzene rings is 2. The third-order valence-corrected chi connectivity index (χ3v) is 2.94. The molecule has 0 aliphatic rings. The summed E-state index contributed by atoms with van der Waals surface area (Å²) in [5, 5.41) is 8.90. The van der Waals surface area contributed by atoms with Crippen LogP contribution >= 0.6 is 0 Å². The fourth-order valence-electron chi connectivity index (χ4n) is 1.89. The minimum Gasteiger partial charge on any atom is -0.456 e. The molecule has 124 valence electrons. The Morgan fingerprint density at radius 3 is 1.91 bits per heavy atom. The van der Waals surface area contributed by atoms with Crippen LogP contribution in [0.1, 0.15) is 16.7 Å². The highest BCUT2D eigenvalue weighted by molar-refractivity contribution is 5.45. The SMILES string of the molecule is OCc1ccc(Oc2ccccc2C(F)(F)F)c(C(F)(F)F)c1. The lowest BCUT2D eigenvalue weighted by molar-refractivity contribution is -0.139. The number of aliphatic hydroxyl groups excluding tert-OH is 1. The van der Waals surface area contributed by atoms with Crippen molar-refractivity contribution >= 4 is 0 Å². The van der Waals surface area contributed by atoms with Crippen molar-refractivity contribution < 1.29 is 36.2 Å². The first-order valence-electron chi connectivity index (χ1n) is 6.28. The van der Waals surface area contributed by atoms with E-state index in [9.17, 15) is 26.3 Å². The van der Waals surface area contributed by atoms with Crippen LogP contribution in [0.3, 0.4) is 0 Å². The van der Waals surface area contributed by atoms with Crippen LogP contribution in [0.4, 0.5) is 26.3 Å². The Hall–Kier alpha value is -2.22. The van der Waals surface area contributed by atoms with Crippen LogP contribution in [0.5, 0.6) is 11.5 Å². The Bertz CT molecular complexity index is 691. The molecule has 0 amide bonds. The van der Waals surface area contributed by atoms with Crippen molar-refractivity contribution in [1.82, 2.24) is 0 Å². The van der Waals surface area contributed by atoms with E-state index in [0.29, 0.717) is 12.1 Å². The van der Waals surface area contributed by atoms with Crippen molar-refractivity contribution in [3.63, 3.8) is 0 Å². The summed E-state index contributed by atoms with van der Waals surface area (Å²) < 4.78 is 82.5. The summed E-state index contributed by atoms with van der Waals surface area (Å²) in [5.41, 5.74) is -2.48. The van der Waals surface area contributed by atoms with Gasteiger partial charge in [0.25, 0.3) is 0 Å². The largest absolute Gasteiger partial charge is 0.456 e. The Balaban J connectivity index is 2.50. The zero-order valence-corrected chi connectivity index (χ0v) is 11.4. The Morgan fingerprint density at radius 1 is 0.783 bits per heavy atom. The van der Waals surface area contributed by atoms with Crippen LogP contribution in [0.15, 0.2) is 42.5 Å². The lowest BCUT2D eigenvalue weighted by Crippen LogP contribution is -2.10. The van der Waals surface area contributed by atoms with E-state index in [4.69, 9.17) is 9.84 Å². The van der Waals surface area contributed by atoms with Gasteiger partial charge in [-0.15, -0.1) is 0 Å². The van der Waals surface area contributed by atoms with Crippen molar-refractivity contribution in [2.45, 2.75) is 19.0 Å². The molecule has 0 atom stereocenters. The van der Waals surface area contributed by atoms with Gasteiger partial charge in [-0.2, -0.15) is 26.3 Å². The minimum absolute atomic E-state index is 0.0335. The molecule has 2 aromatic rings. The van der Waals surface area contributed by atoms with Crippen LogP contribution in [0.2, 0.25) is 0 Å². The molecule has 0 bridgehead atoms. The van der Waals surface area contributed by atoms with Crippen LogP contribution in [-0.2, 0) is 19.0 Å². The molecule has 0 aliphatic carbocycles. The molecule has 2 nitrogen and oxygen atoms in total. The predicted molar refractivity (Wildman–Crippen MR) is 68.9 cm³/mol. The number of aliphatic hydroxyl groups is 1. The normalized spacial score (nSPS) is 12.3. The van der Waals surface area contributed by atoms with Crippen molar-refractivity contribution in [2.75, 3.05) is 0 Å². The summed E-state index contributed by atoms with van der Waals surface area (Å²) in [4.78, 5) is 0. The Kier molecular flexibility index (Phi) is 4.56. The van der Waals surface area contributed by atoms with Gasteiger partial charge >= 0.3 is 12.4 Å². The third-order valence-electron chi connectivity index (χ3n) is 2.94. The lowest BCUT2D eigenvalue weighted by Gasteiger charge is -2.17. The molecule has 23 heavy (non-hydrogen) atoms. The number of ether oxygens (including phenoxy) is 1. The van der Waals surface area contributed by atoms with E-state index in [-0.39, 0.29) is 5.56 Å². The first-order chi connectivity index (χ1) is 10.6. The predicted octanol–water partition coefficient (Wildman–Crippen LogP) is 5.01. The number of alkyl halides is 6. The quantitative estimate of drug-likeness (QED) is 0.799. The zero-order chi connectivity index (χ0) is 17.3. The summed E-state index contributed by atoms with van der Waals surface area (Å²) in [6.45, 7) is -0.636. The highest BCUT2D eigenvalue weighted by atomic mass is 19.4. The number of halogens is 6. The maximum atomic E-state index is 13.0. The molecule has 8 heteroatoms. The first kappa shape index (κ1) is 17.1. The fraction of sp³-hybridized carbons (Fsp3) is 0.200. The number of rotatable bonds is 3.